The first-order valence-electron chi connectivity index (χ1n) is 7.45. The Morgan fingerprint density at radius 1 is 1.22 bits per heavy atom. The van der Waals surface area contributed by atoms with Crippen LogP contribution < -0.4 is 0 Å². The molecular weight excluding hydrogens is 304 g/mol. The molecule has 5 atom stereocenters. The Balaban J connectivity index is 1.96. The summed E-state index contributed by atoms with van der Waals surface area (Å²) in [6, 6.07) is 0. The van der Waals surface area contributed by atoms with E-state index in [2.05, 4.69) is 0 Å². The lowest BCUT2D eigenvalue weighted by molar-refractivity contribution is -0.304. The lowest BCUT2D eigenvalue weighted by Gasteiger charge is -2.53. The Morgan fingerprint density at radius 3 is 2.52 bits per heavy atom. The highest BCUT2D eigenvalue weighted by Gasteiger charge is 2.83. The molecule has 2 bridgehead atoms. The largest absolute Gasteiger partial charge is 0.485 e. The molecule has 0 amide bonds. The van der Waals surface area contributed by atoms with Gasteiger partial charge in [-0.1, -0.05) is 6.92 Å². The molecule has 3 heterocycles. The van der Waals surface area contributed by atoms with E-state index in [-0.39, 0.29) is 12.2 Å². The molecule has 0 aromatic rings. The van der Waals surface area contributed by atoms with Gasteiger partial charge in [0.15, 0.2) is 17.1 Å². The lowest BCUT2D eigenvalue weighted by atomic mass is 9.58. The van der Waals surface area contributed by atoms with Gasteiger partial charge in [-0.3, -0.25) is 9.59 Å². The minimum atomic E-state index is -2.25. The van der Waals surface area contributed by atoms with E-state index in [1.54, 1.807) is 20.8 Å². The Labute approximate surface area is 131 Å². The highest BCUT2D eigenvalue weighted by molar-refractivity contribution is 6.07. The summed E-state index contributed by atoms with van der Waals surface area (Å²) in [5, 5.41) is 11.2. The second kappa shape index (κ2) is 3.84. The fourth-order valence-corrected chi connectivity index (χ4v) is 4.50. The van der Waals surface area contributed by atoms with Crippen LogP contribution in [0.25, 0.3) is 0 Å². The normalized spacial score (nSPS) is 47.6. The fourth-order valence-electron chi connectivity index (χ4n) is 4.50. The number of ketones is 1. The number of hydrogen-bond acceptors (Lipinski definition) is 7. The van der Waals surface area contributed by atoms with Crippen molar-refractivity contribution in [3.05, 3.63) is 23.5 Å². The van der Waals surface area contributed by atoms with Crippen LogP contribution in [-0.4, -0.2) is 39.8 Å². The number of Topliss-reactive ketones (excluding diaryl/α,β-unsaturated/α-hetero) is 1. The molecule has 0 aromatic heterocycles. The third kappa shape index (κ3) is 1.30. The van der Waals surface area contributed by atoms with E-state index in [1.165, 1.54) is 12.3 Å². The van der Waals surface area contributed by atoms with Crippen LogP contribution >= 0.6 is 0 Å². The summed E-state index contributed by atoms with van der Waals surface area (Å²) in [5.41, 5.74) is -2.31. The van der Waals surface area contributed by atoms with Crippen molar-refractivity contribution >= 4 is 17.7 Å². The van der Waals surface area contributed by atoms with Crippen molar-refractivity contribution in [1.82, 2.24) is 0 Å². The summed E-state index contributed by atoms with van der Waals surface area (Å²) in [6.45, 7) is 4.95. The first kappa shape index (κ1) is 14.4. The summed E-state index contributed by atoms with van der Waals surface area (Å²) in [5.74, 6) is -6.05. The van der Waals surface area contributed by atoms with Gasteiger partial charge in [0.2, 0.25) is 5.78 Å². The summed E-state index contributed by atoms with van der Waals surface area (Å²) in [6.07, 6.45) is 2.61. The van der Waals surface area contributed by atoms with E-state index in [0.717, 1.165) is 0 Å². The number of hydrogen-bond donors (Lipinski definition) is 1. The van der Waals surface area contributed by atoms with E-state index in [1.807, 2.05) is 0 Å². The minimum Gasteiger partial charge on any atom is -0.485 e. The summed E-state index contributed by atoms with van der Waals surface area (Å²) in [7, 11) is 0. The average molecular weight is 320 g/mol. The maximum Gasteiger partial charge on any atom is 0.333 e. The molecule has 4 aliphatic rings. The molecule has 4 rings (SSSR count). The lowest BCUT2D eigenvalue weighted by Crippen LogP contribution is -2.72. The zero-order valence-electron chi connectivity index (χ0n) is 12.9. The molecule has 23 heavy (non-hydrogen) atoms. The van der Waals surface area contributed by atoms with Gasteiger partial charge in [0.05, 0.1) is 6.26 Å². The SMILES string of the molecule is CC1=CO[C@]2(C1=O)[C@H](C)C[C@@]13OC(=O)[C@H]2[C@]1(O)OC(=O)C=C3C. The number of ether oxygens (including phenoxy) is 3. The number of rotatable bonds is 0. The molecule has 122 valence electrons. The zero-order valence-corrected chi connectivity index (χ0v) is 12.9. The second-order valence-corrected chi connectivity index (χ2v) is 6.77. The average Bonchev–Trinajstić information content (AvgIpc) is 2.80. The van der Waals surface area contributed by atoms with Gasteiger partial charge < -0.3 is 19.3 Å². The van der Waals surface area contributed by atoms with Crippen LogP contribution in [0.1, 0.15) is 27.2 Å². The van der Waals surface area contributed by atoms with Gasteiger partial charge in [-0.15, -0.1) is 0 Å². The van der Waals surface area contributed by atoms with E-state index in [9.17, 15) is 19.5 Å². The Kier molecular flexibility index (Phi) is 2.41. The first-order valence-corrected chi connectivity index (χ1v) is 7.45. The molecule has 0 aromatic carbocycles. The highest BCUT2D eigenvalue weighted by atomic mass is 16.7. The van der Waals surface area contributed by atoms with Gasteiger partial charge in [0.1, 0.15) is 0 Å². The van der Waals surface area contributed by atoms with Crippen LogP contribution in [0.3, 0.4) is 0 Å². The van der Waals surface area contributed by atoms with Gasteiger partial charge in [-0.2, -0.15) is 0 Å². The predicted molar refractivity (Wildman–Crippen MR) is 73.5 cm³/mol. The van der Waals surface area contributed by atoms with Crippen molar-refractivity contribution in [3.63, 3.8) is 0 Å². The third-order valence-corrected chi connectivity index (χ3v) is 5.61. The van der Waals surface area contributed by atoms with Crippen molar-refractivity contribution in [2.24, 2.45) is 11.8 Å². The Bertz CT molecular complexity index is 735. The summed E-state index contributed by atoms with van der Waals surface area (Å²) in [4.78, 5) is 37.1. The molecule has 1 N–H and O–H groups in total. The maximum atomic E-state index is 12.7. The second-order valence-electron chi connectivity index (χ2n) is 6.77. The van der Waals surface area contributed by atoms with E-state index < -0.39 is 40.8 Å². The van der Waals surface area contributed by atoms with E-state index >= 15 is 0 Å². The van der Waals surface area contributed by atoms with Gasteiger partial charge >= 0.3 is 11.9 Å². The number of esters is 2. The molecule has 7 nitrogen and oxygen atoms in total. The molecule has 1 saturated carbocycles. The quantitative estimate of drug-likeness (QED) is 0.644. The Morgan fingerprint density at radius 2 is 1.91 bits per heavy atom. The molecule has 0 unspecified atom stereocenters. The molecule has 0 radical (unpaired) electrons. The van der Waals surface area contributed by atoms with Crippen LogP contribution in [0.4, 0.5) is 0 Å². The number of carbonyl (C=O) groups excluding carboxylic acids is 3. The monoisotopic (exact) mass is 320 g/mol. The van der Waals surface area contributed by atoms with E-state index in [4.69, 9.17) is 14.2 Å². The zero-order chi connectivity index (χ0) is 16.8. The highest BCUT2D eigenvalue weighted by Crippen LogP contribution is 2.63. The predicted octanol–water partition coefficient (Wildman–Crippen LogP) is 0.372. The molecule has 3 aliphatic heterocycles. The van der Waals surface area contributed by atoms with Gasteiger partial charge in [0.25, 0.3) is 5.79 Å². The maximum absolute atomic E-state index is 12.7. The van der Waals surface area contributed by atoms with Crippen LogP contribution in [0.15, 0.2) is 23.5 Å². The number of fused-ring (bicyclic) bond motifs is 1. The van der Waals surface area contributed by atoms with Gasteiger partial charge in [0, 0.05) is 24.0 Å². The fraction of sp³-hybridized carbons (Fsp3) is 0.562. The standard InChI is InChI=1S/C16H16O7/c1-7-6-21-15(12(7)18)9(3)5-14-8(2)4-10(17)22-16(14,20)11(15)13(19)23-14/h4,6,9,11,20H,5H2,1-3H3/t9-,11-,14+,15-,16+/m1/s1. The molecule has 1 aliphatic carbocycles. The third-order valence-electron chi connectivity index (χ3n) is 5.61. The van der Waals surface area contributed by atoms with E-state index in [0.29, 0.717) is 11.1 Å². The van der Waals surface area contributed by atoms with Crippen molar-refractivity contribution in [2.45, 2.75) is 44.2 Å². The Hall–Kier alpha value is -2.15. The van der Waals surface area contributed by atoms with Crippen molar-refractivity contribution in [3.8, 4) is 0 Å². The van der Waals surface area contributed by atoms with Crippen LogP contribution in [0.5, 0.6) is 0 Å². The molecule has 2 fully saturated rings. The smallest absolute Gasteiger partial charge is 0.333 e. The molecule has 1 spiro atoms. The molecule has 7 heteroatoms. The molecule has 1 saturated heterocycles. The van der Waals surface area contributed by atoms with Gasteiger partial charge in [-0.05, 0) is 19.4 Å². The molecular formula is C16H16O7. The summed E-state index contributed by atoms with van der Waals surface area (Å²) >= 11 is 0. The van der Waals surface area contributed by atoms with Crippen LogP contribution in [0.2, 0.25) is 0 Å². The van der Waals surface area contributed by atoms with Gasteiger partial charge in [-0.25, -0.2) is 4.79 Å². The summed E-state index contributed by atoms with van der Waals surface area (Å²) < 4.78 is 16.3. The minimum absolute atomic E-state index is 0.119. The van der Waals surface area contributed by atoms with Crippen molar-refractivity contribution in [1.29, 1.82) is 0 Å². The number of carbonyl (C=O) groups is 3. The number of aliphatic hydroxyl groups is 1. The van der Waals surface area contributed by atoms with Crippen molar-refractivity contribution in [2.75, 3.05) is 0 Å². The van der Waals surface area contributed by atoms with Crippen LogP contribution in [-0.2, 0) is 28.6 Å². The van der Waals surface area contributed by atoms with Crippen molar-refractivity contribution < 1.29 is 33.7 Å². The topological polar surface area (TPSA) is 99.1 Å². The van der Waals surface area contributed by atoms with Crippen LogP contribution in [0, 0.1) is 11.8 Å². The first-order chi connectivity index (χ1) is 10.7.